The molecule has 0 saturated carbocycles. The molecule has 1 atom stereocenters. The highest BCUT2D eigenvalue weighted by Crippen LogP contribution is 2.45. The van der Waals surface area contributed by atoms with Crippen molar-refractivity contribution in [2.75, 3.05) is 0 Å². The molecule has 1 aromatic heterocycles. The van der Waals surface area contributed by atoms with E-state index in [1.807, 2.05) is 47.0 Å². The SMILES string of the molecule is CCCCc1nc(Cl)c(C=O)n1Cc1ccc2c(c1)C(C(=O)O)c1ccccc1-2. The van der Waals surface area contributed by atoms with Gasteiger partial charge in [-0.1, -0.05) is 67.4 Å². The summed E-state index contributed by atoms with van der Waals surface area (Å²) in [4.78, 5) is 27.9. The third kappa shape index (κ3) is 3.36. The van der Waals surface area contributed by atoms with Gasteiger partial charge in [0.05, 0.1) is 0 Å². The Hall–Kier alpha value is -2.92. The average molecular weight is 409 g/mol. The van der Waals surface area contributed by atoms with Crippen molar-refractivity contribution in [3.05, 3.63) is 75.8 Å². The maximum atomic E-state index is 12.0. The van der Waals surface area contributed by atoms with E-state index in [1.165, 1.54) is 0 Å². The first-order valence-electron chi connectivity index (χ1n) is 9.70. The molecule has 1 aliphatic rings. The number of benzene rings is 2. The number of carboxylic acids is 1. The number of carbonyl (C=O) groups excluding carboxylic acids is 1. The molecule has 0 saturated heterocycles. The summed E-state index contributed by atoms with van der Waals surface area (Å²) >= 11 is 6.17. The lowest BCUT2D eigenvalue weighted by atomic mass is 9.96. The van der Waals surface area contributed by atoms with E-state index in [4.69, 9.17) is 11.6 Å². The maximum Gasteiger partial charge on any atom is 0.315 e. The molecule has 1 aliphatic carbocycles. The lowest BCUT2D eigenvalue weighted by Gasteiger charge is -2.13. The summed E-state index contributed by atoms with van der Waals surface area (Å²) in [5.41, 5.74) is 4.78. The Labute approximate surface area is 174 Å². The van der Waals surface area contributed by atoms with Gasteiger partial charge in [0.1, 0.15) is 17.4 Å². The standard InChI is InChI=1S/C23H21ClN2O3/c1-2-3-8-20-25-22(24)19(13-27)26(20)12-14-9-10-16-15-6-4-5-7-17(15)21(23(28)29)18(16)11-14/h4-7,9-11,13,21H,2-3,8,12H2,1H3,(H,28,29). The Balaban J connectivity index is 1.75. The fourth-order valence-electron chi connectivity index (χ4n) is 4.10. The zero-order valence-corrected chi connectivity index (χ0v) is 16.8. The van der Waals surface area contributed by atoms with E-state index in [1.54, 1.807) is 0 Å². The summed E-state index contributed by atoms with van der Waals surface area (Å²) in [6, 6.07) is 13.5. The number of carbonyl (C=O) groups is 2. The first kappa shape index (κ1) is 19.4. The first-order valence-corrected chi connectivity index (χ1v) is 10.1. The monoisotopic (exact) mass is 408 g/mol. The summed E-state index contributed by atoms with van der Waals surface area (Å²) in [7, 11) is 0. The van der Waals surface area contributed by atoms with Gasteiger partial charge >= 0.3 is 5.97 Å². The molecule has 0 fully saturated rings. The molecule has 0 amide bonds. The van der Waals surface area contributed by atoms with E-state index in [-0.39, 0.29) is 5.15 Å². The van der Waals surface area contributed by atoms with E-state index in [2.05, 4.69) is 11.9 Å². The van der Waals surface area contributed by atoms with Crippen molar-refractivity contribution < 1.29 is 14.7 Å². The number of aryl methyl sites for hydroxylation is 1. The van der Waals surface area contributed by atoms with Crippen LogP contribution in [0.3, 0.4) is 0 Å². The van der Waals surface area contributed by atoms with Gasteiger partial charge in [-0.15, -0.1) is 0 Å². The Bertz CT molecular complexity index is 1100. The van der Waals surface area contributed by atoms with Crippen molar-refractivity contribution in [3.63, 3.8) is 0 Å². The molecule has 29 heavy (non-hydrogen) atoms. The number of hydrogen-bond acceptors (Lipinski definition) is 3. The average Bonchev–Trinajstić information content (AvgIpc) is 3.20. The lowest BCUT2D eigenvalue weighted by Crippen LogP contribution is -2.12. The van der Waals surface area contributed by atoms with E-state index in [0.29, 0.717) is 12.2 Å². The van der Waals surface area contributed by atoms with Crippen LogP contribution in [0.2, 0.25) is 5.15 Å². The van der Waals surface area contributed by atoms with Crippen LogP contribution >= 0.6 is 11.6 Å². The molecule has 6 heteroatoms. The second kappa shape index (κ2) is 7.84. The lowest BCUT2D eigenvalue weighted by molar-refractivity contribution is -0.137. The Kier molecular flexibility index (Phi) is 5.24. The van der Waals surface area contributed by atoms with Gasteiger partial charge in [-0.05, 0) is 34.2 Å². The largest absolute Gasteiger partial charge is 0.481 e. The Morgan fingerprint density at radius 2 is 1.97 bits per heavy atom. The van der Waals surface area contributed by atoms with Gasteiger partial charge in [0.25, 0.3) is 0 Å². The number of imidazole rings is 1. The van der Waals surface area contributed by atoms with E-state index >= 15 is 0 Å². The summed E-state index contributed by atoms with van der Waals surface area (Å²) in [5, 5.41) is 10.0. The van der Waals surface area contributed by atoms with Crippen LogP contribution in [-0.4, -0.2) is 26.9 Å². The third-order valence-corrected chi connectivity index (χ3v) is 5.76. The van der Waals surface area contributed by atoms with Crippen LogP contribution in [0.4, 0.5) is 0 Å². The zero-order valence-electron chi connectivity index (χ0n) is 16.1. The van der Waals surface area contributed by atoms with Gasteiger partial charge in [-0.25, -0.2) is 4.98 Å². The predicted molar refractivity (Wildman–Crippen MR) is 112 cm³/mol. The molecule has 4 rings (SSSR count). The molecule has 0 bridgehead atoms. The van der Waals surface area contributed by atoms with Crippen LogP contribution in [0.15, 0.2) is 42.5 Å². The molecule has 148 valence electrons. The number of carboxylic acid groups (broad SMARTS) is 1. The minimum absolute atomic E-state index is 0.211. The number of nitrogens with zero attached hydrogens (tertiary/aromatic N) is 2. The van der Waals surface area contributed by atoms with Crippen molar-refractivity contribution in [1.29, 1.82) is 0 Å². The van der Waals surface area contributed by atoms with Crippen molar-refractivity contribution >= 4 is 23.9 Å². The normalized spacial score (nSPS) is 14.5. The number of halogens is 1. The minimum atomic E-state index is -0.865. The fraction of sp³-hybridized carbons (Fsp3) is 0.261. The van der Waals surface area contributed by atoms with Crippen molar-refractivity contribution in [2.24, 2.45) is 0 Å². The second-order valence-electron chi connectivity index (χ2n) is 7.29. The summed E-state index contributed by atoms with van der Waals surface area (Å²) in [5.74, 6) is -0.772. The van der Waals surface area contributed by atoms with E-state index in [9.17, 15) is 14.7 Å². The molecule has 3 aromatic rings. The van der Waals surface area contributed by atoms with Gasteiger partial charge in [0.2, 0.25) is 0 Å². The molecule has 2 aromatic carbocycles. The first-order chi connectivity index (χ1) is 14.0. The number of unbranched alkanes of at least 4 members (excludes halogenated alkanes) is 1. The second-order valence-corrected chi connectivity index (χ2v) is 7.65. The molecule has 1 unspecified atom stereocenters. The topological polar surface area (TPSA) is 72.2 Å². The number of rotatable bonds is 7. The van der Waals surface area contributed by atoms with Crippen LogP contribution in [0.25, 0.3) is 11.1 Å². The van der Waals surface area contributed by atoms with Crippen molar-refractivity contribution in [2.45, 2.75) is 38.6 Å². The summed E-state index contributed by atoms with van der Waals surface area (Å²) in [6.07, 6.45) is 3.43. The number of aldehydes is 1. The minimum Gasteiger partial charge on any atom is -0.481 e. The van der Waals surface area contributed by atoms with E-state index in [0.717, 1.165) is 59.2 Å². The van der Waals surface area contributed by atoms with E-state index < -0.39 is 11.9 Å². The molecule has 1 heterocycles. The highest BCUT2D eigenvalue weighted by atomic mass is 35.5. The highest BCUT2D eigenvalue weighted by Gasteiger charge is 2.33. The van der Waals surface area contributed by atoms with Crippen LogP contribution < -0.4 is 0 Å². The number of aliphatic carboxylic acids is 1. The smallest absolute Gasteiger partial charge is 0.315 e. The summed E-state index contributed by atoms with van der Waals surface area (Å²) in [6.45, 7) is 2.52. The number of hydrogen-bond donors (Lipinski definition) is 1. The molecular formula is C23H21ClN2O3. The molecule has 0 aliphatic heterocycles. The van der Waals surface area contributed by atoms with Gasteiger partial charge in [-0.2, -0.15) is 0 Å². The Morgan fingerprint density at radius 3 is 2.69 bits per heavy atom. The van der Waals surface area contributed by atoms with Gasteiger partial charge in [0.15, 0.2) is 11.4 Å². The highest BCUT2D eigenvalue weighted by molar-refractivity contribution is 6.31. The quantitative estimate of drug-likeness (QED) is 0.562. The molecular weight excluding hydrogens is 388 g/mol. The van der Waals surface area contributed by atoms with Crippen molar-refractivity contribution in [1.82, 2.24) is 9.55 Å². The number of aromatic nitrogens is 2. The molecule has 1 N–H and O–H groups in total. The van der Waals surface area contributed by atoms with Crippen LogP contribution in [-0.2, 0) is 17.8 Å². The molecule has 0 radical (unpaired) electrons. The Morgan fingerprint density at radius 1 is 1.21 bits per heavy atom. The summed E-state index contributed by atoms with van der Waals surface area (Å²) < 4.78 is 1.84. The number of fused-ring (bicyclic) bond motifs is 3. The van der Waals surface area contributed by atoms with Crippen molar-refractivity contribution in [3.8, 4) is 11.1 Å². The molecule has 5 nitrogen and oxygen atoms in total. The maximum absolute atomic E-state index is 12.0. The predicted octanol–water partition coefficient (Wildman–Crippen LogP) is 4.94. The van der Waals surface area contributed by atoms with Crippen LogP contribution in [0.1, 0.15) is 58.7 Å². The van der Waals surface area contributed by atoms with Gasteiger partial charge in [-0.3, -0.25) is 9.59 Å². The molecule has 0 spiro atoms. The van der Waals surface area contributed by atoms with Crippen LogP contribution in [0.5, 0.6) is 0 Å². The third-order valence-electron chi connectivity index (χ3n) is 5.48. The van der Waals surface area contributed by atoms with Gasteiger partial charge in [0, 0.05) is 13.0 Å². The zero-order chi connectivity index (χ0) is 20.5. The van der Waals surface area contributed by atoms with Crippen LogP contribution in [0, 0.1) is 0 Å². The van der Waals surface area contributed by atoms with Gasteiger partial charge < -0.3 is 9.67 Å². The fourth-order valence-corrected chi connectivity index (χ4v) is 4.34.